The maximum absolute atomic E-state index is 13.6. The Morgan fingerprint density at radius 3 is 2.86 bits per heavy atom. The predicted molar refractivity (Wildman–Crippen MR) is 83.3 cm³/mol. The number of rotatable bonds is 5. The lowest BCUT2D eigenvalue weighted by atomic mass is 9.96. The zero-order valence-corrected chi connectivity index (χ0v) is 12.6. The number of nitrogens with one attached hydrogen (secondary N) is 1. The van der Waals surface area contributed by atoms with Crippen LogP contribution in [-0.4, -0.2) is 18.8 Å². The van der Waals surface area contributed by atoms with Gasteiger partial charge in [0, 0.05) is 13.1 Å². The number of aryl methyl sites for hydroxylation is 1. The van der Waals surface area contributed by atoms with Crippen LogP contribution in [0, 0.1) is 5.82 Å². The predicted octanol–water partition coefficient (Wildman–Crippen LogP) is 2.76. The van der Waals surface area contributed by atoms with E-state index in [-0.39, 0.29) is 11.6 Å². The topological polar surface area (TPSA) is 41.5 Å². The van der Waals surface area contributed by atoms with Crippen LogP contribution >= 0.6 is 0 Å². The molecule has 0 aromatic heterocycles. The summed E-state index contributed by atoms with van der Waals surface area (Å²) in [6.07, 6.45) is 1.61. The maximum Gasteiger partial charge on any atom is 0.165 e. The lowest BCUT2D eigenvalue weighted by Gasteiger charge is -2.24. The van der Waals surface area contributed by atoms with Crippen molar-refractivity contribution in [3.63, 3.8) is 0 Å². The largest absolute Gasteiger partial charge is 0.494 e. The van der Waals surface area contributed by atoms with Crippen LogP contribution in [0.25, 0.3) is 0 Å². The Labute approximate surface area is 129 Å². The van der Waals surface area contributed by atoms with Crippen LogP contribution in [-0.2, 0) is 18.6 Å². The molecule has 1 atom stereocenters. The van der Waals surface area contributed by atoms with Gasteiger partial charge < -0.3 is 15.2 Å². The Morgan fingerprint density at radius 1 is 1.27 bits per heavy atom. The van der Waals surface area contributed by atoms with Gasteiger partial charge in [-0.05, 0) is 41.7 Å². The van der Waals surface area contributed by atoms with Gasteiger partial charge in [0.1, 0.15) is 5.60 Å². The zero-order valence-electron chi connectivity index (χ0n) is 12.6. The molecule has 2 aromatic rings. The summed E-state index contributed by atoms with van der Waals surface area (Å²) in [7, 11) is 1.45. The van der Waals surface area contributed by atoms with Gasteiger partial charge in [0.2, 0.25) is 0 Å². The Morgan fingerprint density at radius 2 is 2.09 bits per heavy atom. The number of aliphatic hydroxyl groups is 1. The van der Waals surface area contributed by atoms with Gasteiger partial charge in [0.25, 0.3) is 0 Å². The molecular weight excluding hydrogens is 281 g/mol. The minimum Gasteiger partial charge on any atom is -0.494 e. The molecule has 2 N–H and O–H groups in total. The van der Waals surface area contributed by atoms with Gasteiger partial charge in [0.05, 0.1) is 7.11 Å². The SMILES string of the molecule is COc1ccc(CNCC2(O)CCc3ccccc32)cc1F. The minimum absolute atomic E-state index is 0.243. The molecule has 0 amide bonds. The molecule has 0 heterocycles. The van der Waals surface area contributed by atoms with Crippen molar-refractivity contribution < 1.29 is 14.2 Å². The maximum atomic E-state index is 13.6. The highest BCUT2D eigenvalue weighted by Gasteiger charge is 2.35. The normalized spacial score (nSPS) is 20.0. The van der Waals surface area contributed by atoms with E-state index >= 15 is 0 Å². The molecule has 1 aliphatic carbocycles. The summed E-state index contributed by atoms with van der Waals surface area (Å²) in [4.78, 5) is 0. The summed E-state index contributed by atoms with van der Waals surface area (Å²) in [5, 5.41) is 14.0. The molecule has 0 saturated carbocycles. The molecule has 3 rings (SSSR count). The van der Waals surface area contributed by atoms with E-state index in [4.69, 9.17) is 4.74 Å². The first-order valence-corrected chi connectivity index (χ1v) is 7.46. The zero-order chi connectivity index (χ0) is 15.6. The third-order valence-corrected chi connectivity index (χ3v) is 4.29. The van der Waals surface area contributed by atoms with Crippen molar-refractivity contribution >= 4 is 0 Å². The van der Waals surface area contributed by atoms with Gasteiger partial charge in [-0.1, -0.05) is 30.3 Å². The molecule has 1 aliphatic rings. The first-order chi connectivity index (χ1) is 10.6. The van der Waals surface area contributed by atoms with Crippen LogP contribution in [0.1, 0.15) is 23.1 Å². The molecule has 116 valence electrons. The Kier molecular flexibility index (Phi) is 4.14. The average molecular weight is 301 g/mol. The second kappa shape index (κ2) is 6.07. The summed E-state index contributed by atoms with van der Waals surface area (Å²) in [5.74, 6) is -0.126. The van der Waals surface area contributed by atoms with Crippen molar-refractivity contribution in [2.45, 2.75) is 25.0 Å². The molecule has 4 heteroatoms. The van der Waals surface area contributed by atoms with Crippen molar-refractivity contribution in [3.8, 4) is 5.75 Å². The molecule has 2 aromatic carbocycles. The Hall–Kier alpha value is -1.91. The van der Waals surface area contributed by atoms with E-state index in [9.17, 15) is 9.50 Å². The highest BCUT2D eigenvalue weighted by Crippen LogP contribution is 2.36. The molecule has 1 unspecified atom stereocenters. The molecule has 0 fully saturated rings. The first-order valence-electron chi connectivity index (χ1n) is 7.46. The summed E-state index contributed by atoms with van der Waals surface area (Å²) in [6.45, 7) is 0.961. The quantitative estimate of drug-likeness (QED) is 0.892. The van der Waals surface area contributed by atoms with E-state index in [1.165, 1.54) is 18.7 Å². The number of hydrogen-bond donors (Lipinski definition) is 2. The van der Waals surface area contributed by atoms with Gasteiger partial charge in [-0.25, -0.2) is 4.39 Å². The summed E-state index contributed by atoms with van der Waals surface area (Å²) in [5.41, 5.74) is 2.21. The van der Waals surface area contributed by atoms with E-state index in [1.807, 2.05) is 24.3 Å². The van der Waals surface area contributed by atoms with Gasteiger partial charge in [-0.2, -0.15) is 0 Å². The van der Waals surface area contributed by atoms with Crippen molar-refractivity contribution in [1.82, 2.24) is 5.32 Å². The van der Waals surface area contributed by atoms with Crippen LogP contribution in [0.3, 0.4) is 0 Å². The fourth-order valence-electron chi connectivity index (χ4n) is 3.09. The highest BCUT2D eigenvalue weighted by molar-refractivity contribution is 5.37. The molecular formula is C18H20FNO2. The monoisotopic (exact) mass is 301 g/mol. The van der Waals surface area contributed by atoms with Crippen LogP contribution < -0.4 is 10.1 Å². The fourth-order valence-corrected chi connectivity index (χ4v) is 3.09. The van der Waals surface area contributed by atoms with Crippen molar-refractivity contribution in [3.05, 3.63) is 65.0 Å². The second-order valence-corrected chi connectivity index (χ2v) is 5.76. The van der Waals surface area contributed by atoms with Crippen LogP contribution in [0.2, 0.25) is 0 Å². The molecule has 0 saturated heterocycles. The average Bonchev–Trinajstić information content (AvgIpc) is 2.86. The number of ether oxygens (including phenoxy) is 1. The van der Waals surface area contributed by atoms with Gasteiger partial charge in [-0.3, -0.25) is 0 Å². The number of hydrogen-bond acceptors (Lipinski definition) is 3. The number of methoxy groups -OCH3 is 1. The molecule has 0 aliphatic heterocycles. The van der Waals surface area contributed by atoms with E-state index in [0.717, 1.165) is 24.0 Å². The van der Waals surface area contributed by atoms with Crippen molar-refractivity contribution in [1.29, 1.82) is 0 Å². The van der Waals surface area contributed by atoms with E-state index in [0.29, 0.717) is 13.1 Å². The fraction of sp³-hybridized carbons (Fsp3) is 0.333. The third kappa shape index (κ3) is 2.85. The number of halogens is 1. The molecule has 0 spiro atoms. The highest BCUT2D eigenvalue weighted by atomic mass is 19.1. The van der Waals surface area contributed by atoms with Gasteiger partial charge >= 0.3 is 0 Å². The lowest BCUT2D eigenvalue weighted by molar-refractivity contribution is 0.0384. The molecule has 3 nitrogen and oxygen atoms in total. The minimum atomic E-state index is -0.832. The molecule has 0 bridgehead atoms. The standard InChI is InChI=1S/C18H20FNO2/c1-22-17-7-6-13(10-16(17)19)11-20-12-18(21)9-8-14-4-2-3-5-15(14)18/h2-7,10,20-21H,8-9,11-12H2,1H3. The van der Waals surface area contributed by atoms with Gasteiger partial charge in [-0.15, -0.1) is 0 Å². The smallest absolute Gasteiger partial charge is 0.165 e. The lowest BCUT2D eigenvalue weighted by Crippen LogP contribution is -2.36. The van der Waals surface area contributed by atoms with E-state index in [1.54, 1.807) is 6.07 Å². The molecule has 22 heavy (non-hydrogen) atoms. The van der Waals surface area contributed by atoms with Crippen molar-refractivity contribution in [2.24, 2.45) is 0 Å². The third-order valence-electron chi connectivity index (χ3n) is 4.29. The molecule has 0 radical (unpaired) electrons. The summed E-state index contributed by atoms with van der Waals surface area (Å²) >= 11 is 0. The van der Waals surface area contributed by atoms with Crippen molar-refractivity contribution in [2.75, 3.05) is 13.7 Å². The van der Waals surface area contributed by atoms with Gasteiger partial charge in [0.15, 0.2) is 11.6 Å². The summed E-state index contributed by atoms with van der Waals surface area (Å²) < 4.78 is 18.6. The number of benzene rings is 2. The van der Waals surface area contributed by atoms with Crippen LogP contribution in [0.4, 0.5) is 4.39 Å². The Balaban J connectivity index is 1.63. The second-order valence-electron chi connectivity index (χ2n) is 5.76. The van der Waals surface area contributed by atoms with Crippen LogP contribution in [0.5, 0.6) is 5.75 Å². The number of fused-ring (bicyclic) bond motifs is 1. The van der Waals surface area contributed by atoms with E-state index < -0.39 is 5.60 Å². The first kappa shape index (κ1) is 15.0. The van der Waals surface area contributed by atoms with Crippen LogP contribution in [0.15, 0.2) is 42.5 Å². The summed E-state index contributed by atoms with van der Waals surface area (Å²) in [6, 6.07) is 12.9. The van der Waals surface area contributed by atoms with E-state index in [2.05, 4.69) is 11.4 Å². The Bertz CT molecular complexity index is 674.